The van der Waals surface area contributed by atoms with Crippen LogP contribution in [-0.2, 0) is 11.3 Å². The molecule has 2 nitrogen and oxygen atoms in total. The van der Waals surface area contributed by atoms with E-state index in [1.165, 1.54) is 11.1 Å². The number of rotatable bonds is 3. The smallest absolute Gasteiger partial charge is 0.0723 e. The van der Waals surface area contributed by atoms with E-state index in [2.05, 4.69) is 31.2 Å². The Morgan fingerprint density at radius 3 is 2.56 bits per heavy atom. The molecule has 0 saturated heterocycles. The van der Waals surface area contributed by atoms with Crippen molar-refractivity contribution >= 4 is 0 Å². The molecule has 0 aromatic heterocycles. The minimum absolute atomic E-state index is 0.401. The van der Waals surface area contributed by atoms with E-state index in [4.69, 9.17) is 10.5 Å². The van der Waals surface area contributed by atoms with Crippen molar-refractivity contribution in [1.82, 2.24) is 0 Å². The van der Waals surface area contributed by atoms with Crippen molar-refractivity contribution in [3.63, 3.8) is 0 Å². The molecule has 0 atom stereocenters. The summed E-state index contributed by atoms with van der Waals surface area (Å²) in [4.78, 5) is 0. The predicted octanol–water partition coefficient (Wildman–Crippen LogP) is 2.78. The van der Waals surface area contributed by atoms with Crippen LogP contribution in [0.25, 0.3) is 0 Å². The van der Waals surface area contributed by atoms with Gasteiger partial charge in [0.25, 0.3) is 0 Å². The molecule has 1 fully saturated rings. The van der Waals surface area contributed by atoms with Gasteiger partial charge in [0.2, 0.25) is 0 Å². The molecule has 1 aliphatic rings. The van der Waals surface area contributed by atoms with E-state index in [1.807, 2.05) is 0 Å². The van der Waals surface area contributed by atoms with Crippen molar-refractivity contribution in [1.29, 1.82) is 0 Å². The fraction of sp³-hybridized carbons (Fsp3) is 0.571. The molecule has 1 aromatic carbocycles. The summed E-state index contributed by atoms with van der Waals surface area (Å²) >= 11 is 0. The van der Waals surface area contributed by atoms with Crippen LogP contribution >= 0.6 is 0 Å². The molecule has 0 amide bonds. The number of aryl methyl sites for hydroxylation is 1. The maximum Gasteiger partial charge on any atom is 0.0723 e. The van der Waals surface area contributed by atoms with Crippen molar-refractivity contribution < 1.29 is 4.74 Å². The third-order valence-corrected chi connectivity index (χ3v) is 3.45. The highest BCUT2D eigenvalue weighted by molar-refractivity contribution is 5.24. The highest BCUT2D eigenvalue weighted by atomic mass is 16.5. The van der Waals surface area contributed by atoms with Gasteiger partial charge in [0.1, 0.15) is 0 Å². The predicted molar refractivity (Wildman–Crippen MR) is 66.2 cm³/mol. The number of nitrogens with two attached hydrogens (primary N) is 1. The number of hydrogen-bond donors (Lipinski definition) is 1. The summed E-state index contributed by atoms with van der Waals surface area (Å²) in [6.07, 6.45) is 4.87. The Labute approximate surface area is 97.8 Å². The molecule has 2 rings (SSSR count). The molecule has 2 heteroatoms. The van der Waals surface area contributed by atoms with Gasteiger partial charge < -0.3 is 10.5 Å². The summed E-state index contributed by atoms with van der Waals surface area (Å²) in [7, 11) is 0. The number of ether oxygens (including phenoxy) is 1. The number of benzene rings is 1. The van der Waals surface area contributed by atoms with Gasteiger partial charge in [-0.25, -0.2) is 0 Å². The van der Waals surface area contributed by atoms with E-state index in [0.29, 0.717) is 12.1 Å². The molecular weight excluding hydrogens is 198 g/mol. The van der Waals surface area contributed by atoms with Gasteiger partial charge in [0.15, 0.2) is 0 Å². The summed E-state index contributed by atoms with van der Waals surface area (Å²) in [5, 5.41) is 0. The molecule has 1 saturated carbocycles. The Hall–Kier alpha value is -0.860. The average molecular weight is 219 g/mol. The maximum atomic E-state index is 5.94. The Kier molecular flexibility index (Phi) is 3.97. The Morgan fingerprint density at radius 1 is 1.19 bits per heavy atom. The van der Waals surface area contributed by atoms with Gasteiger partial charge in [-0.3, -0.25) is 0 Å². The van der Waals surface area contributed by atoms with Crippen molar-refractivity contribution in [2.45, 2.75) is 51.4 Å². The zero-order chi connectivity index (χ0) is 11.4. The second-order valence-electron chi connectivity index (χ2n) is 4.77. The first kappa shape index (κ1) is 11.6. The maximum absolute atomic E-state index is 5.94. The largest absolute Gasteiger partial charge is 0.374 e. The van der Waals surface area contributed by atoms with Crippen LogP contribution < -0.4 is 5.73 Å². The van der Waals surface area contributed by atoms with E-state index in [0.717, 1.165) is 32.3 Å². The molecule has 0 heterocycles. The van der Waals surface area contributed by atoms with E-state index in [9.17, 15) is 0 Å². The van der Waals surface area contributed by atoms with Crippen molar-refractivity contribution in [2.75, 3.05) is 0 Å². The summed E-state index contributed by atoms with van der Waals surface area (Å²) in [6, 6.07) is 8.82. The molecule has 0 spiro atoms. The van der Waals surface area contributed by atoms with Gasteiger partial charge in [-0.15, -0.1) is 0 Å². The van der Waals surface area contributed by atoms with Gasteiger partial charge >= 0.3 is 0 Å². The van der Waals surface area contributed by atoms with Crippen LogP contribution in [0.3, 0.4) is 0 Å². The van der Waals surface area contributed by atoms with Crippen LogP contribution in [0.5, 0.6) is 0 Å². The van der Waals surface area contributed by atoms with Gasteiger partial charge in [-0.1, -0.05) is 24.3 Å². The quantitative estimate of drug-likeness (QED) is 0.848. The van der Waals surface area contributed by atoms with E-state index < -0.39 is 0 Å². The summed E-state index contributed by atoms with van der Waals surface area (Å²) in [6.45, 7) is 2.88. The third-order valence-electron chi connectivity index (χ3n) is 3.45. The zero-order valence-electron chi connectivity index (χ0n) is 9.99. The van der Waals surface area contributed by atoms with Crippen LogP contribution in [0, 0.1) is 6.92 Å². The van der Waals surface area contributed by atoms with E-state index in [1.54, 1.807) is 0 Å². The van der Waals surface area contributed by atoms with Crippen LogP contribution in [0.2, 0.25) is 0 Å². The molecule has 88 valence electrons. The number of hydrogen-bond acceptors (Lipinski definition) is 2. The van der Waals surface area contributed by atoms with Gasteiger partial charge in [-0.05, 0) is 43.7 Å². The standard InChI is InChI=1S/C14H21NO/c1-11-4-2-3-5-12(11)10-16-14-8-6-13(15)7-9-14/h2-5,13-14H,6-10,15H2,1H3. The lowest BCUT2D eigenvalue weighted by atomic mass is 9.94. The minimum Gasteiger partial charge on any atom is -0.374 e. The molecular formula is C14H21NO. The topological polar surface area (TPSA) is 35.2 Å². The lowest BCUT2D eigenvalue weighted by Gasteiger charge is -2.26. The van der Waals surface area contributed by atoms with Crippen LogP contribution in [0.15, 0.2) is 24.3 Å². The average Bonchev–Trinajstić information content (AvgIpc) is 2.30. The first-order chi connectivity index (χ1) is 7.75. The van der Waals surface area contributed by atoms with Crippen LogP contribution in [0.4, 0.5) is 0 Å². The normalized spacial score (nSPS) is 25.6. The highest BCUT2D eigenvalue weighted by Gasteiger charge is 2.18. The third kappa shape index (κ3) is 3.06. The van der Waals surface area contributed by atoms with Crippen molar-refractivity contribution in [2.24, 2.45) is 5.73 Å². The molecule has 2 N–H and O–H groups in total. The first-order valence-electron chi connectivity index (χ1n) is 6.17. The Balaban J connectivity index is 1.81. The molecule has 0 bridgehead atoms. The summed E-state index contributed by atoms with van der Waals surface area (Å²) in [5.74, 6) is 0. The zero-order valence-corrected chi connectivity index (χ0v) is 9.99. The summed E-state index contributed by atoms with van der Waals surface area (Å²) < 4.78 is 5.94. The lowest BCUT2D eigenvalue weighted by molar-refractivity contribution is 0.0136. The second-order valence-corrected chi connectivity index (χ2v) is 4.77. The molecule has 0 aliphatic heterocycles. The molecule has 0 radical (unpaired) electrons. The van der Waals surface area contributed by atoms with E-state index in [-0.39, 0.29) is 0 Å². The Bertz CT molecular complexity index is 329. The Morgan fingerprint density at radius 2 is 1.88 bits per heavy atom. The fourth-order valence-electron chi connectivity index (χ4n) is 2.23. The molecule has 0 unspecified atom stereocenters. The van der Waals surface area contributed by atoms with Crippen molar-refractivity contribution in [3.05, 3.63) is 35.4 Å². The van der Waals surface area contributed by atoms with Gasteiger partial charge in [0, 0.05) is 6.04 Å². The molecule has 1 aromatic rings. The SMILES string of the molecule is Cc1ccccc1COC1CCC(N)CC1. The van der Waals surface area contributed by atoms with Crippen LogP contribution in [-0.4, -0.2) is 12.1 Å². The lowest BCUT2D eigenvalue weighted by Crippen LogP contribution is -2.30. The van der Waals surface area contributed by atoms with Gasteiger partial charge in [0.05, 0.1) is 12.7 Å². The van der Waals surface area contributed by atoms with Crippen LogP contribution in [0.1, 0.15) is 36.8 Å². The van der Waals surface area contributed by atoms with Gasteiger partial charge in [-0.2, -0.15) is 0 Å². The molecule has 16 heavy (non-hydrogen) atoms. The first-order valence-corrected chi connectivity index (χ1v) is 6.17. The molecule has 1 aliphatic carbocycles. The summed E-state index contributed by atoms with van der Waals surface area (Å²) in [5.41, 5.74) is 8.49. The second kappa shape index (κ2) is 5.46. The monoisotopic (exact) mass is 219 g/mol. The highest BCUT2D eigenvalue weighted by Crippen LogP contribution is 2.21. The van der Waals surface area contributed by atoms with Crippen molar-refractivity contribution in [3.8, 4) is 0 Å². The minimum atomic E-state index is 0.401. The fourth-order valence-corrected chi connectivity index (χ4v) is 2.23. The van der Waals surface area contributed by atoms with E-state index >= 15 is 0 Å².